The third-order valence-electron chi connectivity index (χ3n) is 3.18. The first-order chi connectivity index (χ1) is 10.1. The summed E-state index contributed by atoms with van der Waals surface area (Å²) in [6, 6.07) is 0. The number of aromatic nitrogens is 5. The molecule has 0 fully saturated rings. The number of hydrogen-bond donors (Lipinski definition) is 0. The van der Waals surface area contributed by atoms with Gasteiger partial charge in [0.15, 0.2) is 5.01 Å². The molecule has 110 valence electrons. The van der Waals surface area contributed by atoms with E-state index in [1.807, 2.05) is 27.1 Å². The molecule has 0 bridgehead atoms. The maximum absolute atomic E-state index is 5.35. The molecular formula is C13H15N5O2S. The van der Waals surface area contributed by atoms with Crippen molar-refractivity contribution in [1.29, 1.82) is 0 Å². The molecule has 0 amide bonds. The van der Waals surface area contributed by atoms with Crippen LogP contribution in [0, 0.1) is 6.92 Å². The maximum atomic E-state index is 5.35. The van der Waals surface area contributed by atoms with Crippen LogP contribution < -0.4 is 4.74 Å². The van der Waals surface area contributed by atoms with E-state index < -0.39 is 0 Å². The van der Waals surface area contributed by atoms with E-state index in [9.17, 15) is 0 Å². The van der Waals surface area contributed by atoms with Gasteiger partial charge in [-0.2, -0.15) is 15.1 Å². The first-order valence-corrected chi connectivity index (χ1v) is 7.24. The van der Waals surface area contributed by atoms with Gasteiger partial charge in [0, 0.05) is 18.8 Å². The molecular weight excluding hydrogens is 290 g/mol. The molecule has 0 aliphatic rings. The summed E-state index contributed by atoms with van der Waals surface area (Å²) in [6.45, 7) is 3.95. The first-order valence-electron chi connectivity index (χ1n) is 6.42. The Hall–Kier alpha value is -2.22. The predicted octanol–water partition coefficient (Wildman–Crippen LogP) is 2.40. The summed E-state index contributed by atoms with van der Waals surface area (Å²) in [5.74, 6) is 1.62. The lowest BCUT2D eigenvalue weighted by atomic mass is 10.1. The largest absolute Gasteiger partial charge is 0.480 e. The van der Waals surface area contributed by atoms with E-state index in [0.717, 1.165) is 10.4 Å². The van der Waals surface area contributed by atoms with Gasteiger partial charge in [-0.15, -0.1) is 11.3 Å². The van der Waals surface area contributed by atoms with E-state index in [0.29, 0.717) is 22.6 Å². The van der Waals surface area contributed by atoms with Crippen molar-refractivity contribution in [3.05, 3.63) is 28.7 Å². The Morgan fingerprint density at radius 1 is 1.38 bits per heavy atom. The van der Waals surface area contributed by atoms with Gasteiger partial charge in [0.2, 0.25) is 17.6 Å². The molecule has 1 unspecified atom stereocenters. The molecule has 7 nitrogen and oxygen atoms in total. The smallest absolute Gasteiger partial charge is 0.234 e. The normalized spacial score (nSPS) is 12.6. The summed E-state index contributed by atoms with van der Waals surface area (Å²) in [6.07, 6.45) is 3.73. The van der Waals surface area contributed by atoms with Crippen LogP contribution >= 0.6 is 11.3 Å². The van der Waals surface area contributed by atoms with Crippen molar-refractivity contribution < 1.29 is 9.26 Å². The van der Waals surface area contributed by atoms with Crippen LogP contribution in [0.25, 0.3) is 10.8 Å². The van der Waals surface area contributed by atoms with Gasteiger partial charge in [0.05, 0.1) is 24.1 Å². The molecule has 0 saturated carbocycles. The van der Waals surface area contributed by atoms with E-state index in [4.69, 9.17) is 9.26 Å². The number of rotatable bonds is 4. The van der Waals surface area contributed by atoms with Crippen LogP contribution in [0.5, 0.6) is 5.88 Å². The van der Waals surface area contributed by atoms with Crippen molar-refractivity contribution >= 4 is 11.3 Å². The quantitative estimate of drug-likeness (QED) is 0.736. The first kappa shape index (κ1) is 13.7. The van der Waals surface area contributed by atoms with Gasteiger partial charge in [-0.1, -0.05) is 5.16 Å². The maximum Gasteiger partial charge on any atom is 0.234 e. The fourth-order valence-electron chi connectivity index (χ4n) is 1.97. The van der Waals surface area contributed by atoms with Gasteiger partial charge in [-0.3, -0.25) is 4.68 Å². The molecule has 1 atom stereocenters. The summed E-state index contributed by atoms with van der Waals surface area (Å²) in [4.78, 5) is 9.76. The molecule has 21 heavy (non-hydrogen) atoms. The summed E-state index contributed by atoms with van der Waals surface area (Å²) in [7, 11) is 3.47. The van der Waals surface area contributed by atoms with E-state index in [1.54, 1.807) is 18.0 Å². The van der Waals surface area contributed by atoms with Crippen molar-refractivity contribution in [2.75, 3.05) is 7.11 Å². The van der Waals surface area contributed by atoms with Crippen molar-refractivity contribution in [3.8, 4) is 16.7 Å². The molecule has 0 aliphatic carbocycles. The Morgan fingerprint density at radius 2 is 2.19 bits per heavy atom. The Kier molecular flexibility index (Phi) is 3.46. The molecule has 3 aromatic rings. The van der Waals surface area contributed by atoms with E-state index in [1.165, 1.54) is 11.3 Å². The zero-order valence-corrected chi connectivity index (χ0v) is 13.0. The van der Waals surface area contributed by atoms with Gasteiger partial charge in [0.1, 0.15) is 0 Å². The highest BCUT2D eigenvalue weighted by molar-refractivity contribution is 7.15. The van der Waals surface area contributed by atoms with Crippen LogP contribution in [-0.2, 0) is 7.05 Å². The SMILES string of the molecule is COc1nc(-c2noc(C(C)c3cnn(C)c3)n2)sc1C. The molecule has 0 aromatic carbocycles. The Bertz CT molecular complexity index is 760. The molecule has 0 N–H and O–H groups in total. The summed E-state index contributed by atoms with van der Waals surface area (Å²) in [5.41, 5.74) is 1.03. The fraction of sp³-hybridized carbons (Fsp3) is 0.385. The minimum Gasteiger partial charge on any atom is -0.480 e. The molecule has 0 radical (unpaired) electrons. The third kappa shape index (κ3) is 2.54. The number of aryl methyl sites for hydroxylation is 2. The van der Waals surface area contributed by atoms with Crippen molar-refractivity contribution in [2.45, 2.75) is 19.8 Å². The van der Waals surface area contributed by atoms with E-state index in [-0.39, 0.29) is 5.92 Å². The van der Waals surface area contributed by atoms with E-state index in [2.05, 4.69) is 20.2 Å². The van der Waals surface area contributed by atoms with Gasteiger partial charge < -0.3 is 9.26 Å². The molecule has 3 rings (SSSR count). The lowest BCUT2D eigenvalue weighted by Crippen LogP contribution is -1.95. The number of thiazole rings is 1. The van der Waals surface area contributed by atoms with Crippen LogP contribution in [-0.4, -0.2) is 32.0 Å². The molecule has 0 saturated heterocycles. The number of hydrogen-bond acceptors (Lipinski definition) is 7. The number of nitrogens with zero attached hydrogens (tertiary/aromatic N) is 5. The Labute approximate surface area is 125 Å². The fourth-order valence-corrected chi connectivity index (χ4v) is 2.78. The second-order valence-electron chi connectivity index (χ2n) is 4.71. The summed E-state index contributed by atoms with van der Waals surface area (Å²) < 4.78 is 12.3. The average Bonchev–Trinajstić information content (AvgIpc) is 3.16. The minimum absolute atomic E-state index is 0.0112. The predicted molar refractivity (Wildman–Crippen MR) is 77.4 cm³/mol. The van der Waals surface area contributed by atoms with Crippen molar-refractivity contribution in [3.63, 3.8) is 0 Å². The average molecular weight is 305 g/mol. The summed E-state index contributed by atoms with van der Waals surface area (Å²) in [5, 5.41) is 8.85. The van der Waals surface area contributed by atoms with Crippen LogP contribution in [0.3, 0.4) is 0 Å². The summed E-state index contributed by atoms with van der Waals surface area (Å²) >= 11 is 1.48. The van der Waals surface area contributed by atoms with Crippen LogP contribution in [0.15, 0.2) is 16.9 Å². The van der Waals surface area contributed by atoms with Gasteiger partial charge in [-0.25, -0.2) is 0 Å². The highest BCUT2D eigenvalue weighted by Gasteiger charge is 2.20. The monoisotopic (exact) mass is 305 g/mol. The lowest BCUT2D eigenvalue weighted by molar-refractivity contribution is 0.370. The van der Waals surface area contributed by atoms with Crippen LogP contribution in [0.2, 0.25) is 0 Å². The molecule has 0 aliphatic heterocycles. The standard InChI is InChI=1S/C13H15N5O2S/c1-7(9-5-14-18(3)6-9)11-15-10(17-20-11)13-16-12(19-4)8(2)21-13/h5-7H,1-4H3. The van der Waals surface area contributed by atoms with Gasteiger partial charge >= 0.3 is 0 Å². The van der Waals surface area contributed by atoms with Gasteiger partial charge in [-0.05, 0) is 13.8 Å². The zero-order valence-electron chi connectivity index (χ0n) is 12.2. The number of methoxy groups -OCH3 is 1. The molecule has 8 heteroatoms. The molecule has 3 aromatic heterocycles. The second kappa shape index (κ2) is 5.28. The number of ether oxygens (including phenoxy) is 1. The highest BCUT2D eigenvalue weighted by Crippen LogP contribution is 2.31. The van der Waals surface area contributed by atoms with Crippen LogP contribution in [0.4, 0.5) is 0 Å². The Balaban J connectivity index is 1.88. The molecule has 3 heterocycles. The third-order valence-corrected chi connectivity index (χ3v) is 4.12. The minimum atomic E-state index is -0.0112. The lowest BCUT2D eigenvalue weighted by Gasteiger charge is -2.00. The topological polar surface area (TPSA) is 78.9 Å². The van der Waals surface area contributed by atoms with Gasteiger partial charge in [0.25, 0.3) is 0 Å². The Morgan fingerprint density at radius 3 is 2.81 bits per heavy atom. The van der Waals surface area contributed by atoms with Crippen molar-refractivity contribution in [2.24, 2.45) is 7.05 Å². The second-order valence-corrected chi connectivity index (χ2v) is 5.91. The van der Waals surface area contributed by atoms with Crippen molar-refractivity contribution in [1.82, 2.24) is 24.9 Å². The zero-order chi connectivity index (χ0) is 15.0. The highest BCUT2D eigenvalue weighted by atomic mass is 32.1. The van der Waals surface area contributed by atoms with E-state index >= 15 is 0 Å². The molecule has 0 spiro atoms. The van der Waals surface area contributed by atoms with Crippen LogP contribution in [0.1, 0.15) is 29.2 Å².